The molecule has 0 aliphatic carbocycles. The minimum absolute atomic E-state index is 0.326. The summed E-state index contributed by atoms with van der Waals surface area (Å²) in [5.74, 6) is 2.30. The average molecular weight is 298 g/mol. The summed E-state index contributed by atoms with van der Waals surface area (Å²) < 4.78 is 5.41. The Morgan fingerprint density at radius 2 is 2.10 bits per heavy atom. The van der Waals surface area contributed by atoms with Gasteiger partial charge in [-0.15, -0.1) is 11.6 Å². The van der Waals surface area contributed by atoms with E-state index in [1.54, 1.807) is 0 Å². The number of aromatic nitrogens is 2. The van der Waals surface area contributed by atoms with Crippen molar-refractivity contribution < 1.29 is 4.74 Å². The molecule has 0 bridgehead atoms. The van der Waals surface area contributed by atoms with Gasteiger partial charge in [0.05, 0.1) is 23.5 Å². The summed E-state index contributed by atoms with van der Waals surface area (Å²) in [7, 11) is 2.10. The summed E-state index contributed by atoms with van der Waals surface area (Å²) in [6.45, 7) is 6.96. The van der Waals surface area contributed by atoms with Gasteiger partial charge < -0.3 is 9.64 Å². The third kappa shape index (κ3) is 3.83. The van der Waals surface area contributed by atoms with Gasteiger partial charge in [-0.1, -0.05) is 13.8 Å². The van der Waals surface area contributed by atoms with E-state index in [1.807, 2.05) is 6.20 Å². The number of halogens is 1. The van der Waals surface area contributed by atoms with Crippen molar-refractivity contribution in [1.29, 1.82) is 0 Å². The van der Waals surface area contributed by atoms with Crippen molar-refractivity contribution in [2.24, 2.45) is 5.92 Å². The molecule has 0 unspecified atom stereocenters. The molecule has 1 aliphatic heterocycles. The van der Waals surface area contributed by atoms with E-state index < -0.39 is 0 Å². The molecule has 2 rings (SSSR count). The lowest BCUT2D eigenvalue weighted by Crippen LogP contribution is -2.30. The van der Waals surface area contributed by atoms with Crippen molar-refractivity contribution in [3.63, 3.8) is 0 Å². The van der Waals surface area contributed by atoms with Gasteiger partial charge in [0.15, 0.2) is 0 Å². The molecule has 2 heterocycles. The second-order valence-corrected chi connectivity index (χ2v) is 6.05. The number of anilines is 1. The average Bonchev–Trinajstić information content (AvgIpc) is 2.47. The second kappa shape index (κ2) is 7.23. The Labute approximate surface area is 126 Å². The van der Waals surface area contributed by atoms with Crippen LogP contribution in [0.25, 0.3) is 0 Å². The van der Waals surface area contributed by atoms with E-state index in [1.165, 1.54) is 0 Å². The van der Waals surface area contributed by atoms with Gasteiger partial charge in [-0.3, -0.25) is 0 Å². The van der Waals surface area contributed by atoms with Crippen LogP contribution in [0.2, 0.25) is 0 Å². The van der Waals surface area contributed by atoms with Crippen LogP contribution in [0.1, 0.15) is 44.1 Å². The lowest BCUT2D eigenvalue weighted by molar-refractivity contribution is 0.0685. The zero-order valence-corrected chi connectivity index (χ0v) is 13.4. The van der Waals surface area contributed by atoms with Crippen LogP contribution in [0.15, 0.2) is 6.20 Å². The summed E-state index contributed by atoms with van der Waals surface area (Å²) in [5, 5.41) is 0. The molecular formula is C15H24ClN3O. The van der Waals surface area contributed by atoms with Crippen molar-refractivity contribution >= 4 is 17.3 Å². The number of nitrogens with zero attached hydrogens (tertiary/aromatic N) is 3. The van der Waals surface area contributed by atoms with Crippen molar-refractivity contribution in [2.75, 3.05) is 31.7 Å². The fourth-order valence-electron chi connectivity index (χ4n) is 2.54. The third-order valence-corrected chi connectivity index (χ3v) is 4.04. The SMILES string of the molecule is CC(C)c1ncc(N(C)CC2CCOCC2)c(CCl)n1. The van der Waals surface area contributed by atoms with E-state index in [0.29, 0.717) is 17.7 Å². The molecule has 112 valence electrons. The fraction of sp³-hybridized carbons (Fsp3) is 0.733. The van der Waals surface area contributed by atoms with Gasteiger partial charge in [-0.25, -0.2) is 9.97 Å². The van der Waals surface area contributed by atoms with Gasteiger partial charge in [0.1, 0.15) is 5.82 Å². The van der Waals surface area contributed by atoms with Crippen LogP contribution >= 0.6 is 11.6 Å². The normalized spacial score (nSPS) is 16.6. The highest BCUT2D eigenvalue weighted by molar-refractivity contribution is 6.17. The molecule has 0 spiro atoms. The summed E-state index contributed by atoms with van der Waals surface area (Å²) in [4.78, 5) is 11.3. The lowest BCUT2D eigenvalue weighted by atomic mass is 10.00. The monoisotopic (exact) mass is 297 g/mol. The Bertz CT molecular complexity index is 433. The zero-order chi connectivity index (χ0) is 14.5. The van der Waals surface area contributed by atoms with Gasteiger partial charge >= 0.3 is 0 Å². The largest absolute Gasteiger partial charge is 0.381 e. The minimum atomic E-state index is 0.326. The summed E-state index contributed by atoms with van der Waals surface area (Å²) in [6, 6.07) is 0. The zero-order valence-electron chi connectivity index (χ0n) is 12.6. The van der Waals surface area contributed by atoms with Crippen LogP contribution in [0.5, 0.6) is 0 Å². The highest BCUT2D eigenvalue weighted by Crippen LogP contribution is 2.24. The molecule has 0 aromatic carbocycles. The maximum absolute atomic E-state index is 6.06. The number of rotatable bonds is 5. The molecule has 1 aliphatic rings. The van der Waals surface area contributed by atoms with E-state index in [2.05, 4.69) is 35.8 Å². The van der Waals surface area contributed by atoms with Crippen molar-refractivity contribution in [3.8, 4) is 0 Å². The van der Waals surface area contributed by atoms with Crippen LogP contribution in [0.3, 0.4) is 0 Å². The van der Waals surface area contributed by atoms with E-state index in [0.717, 1.165) is 49.8 Å². The van der Waals surface area contributed by atoms with Crippen molar-refractivity contribution in [3.05, 3.63) is 17.7 Å². The first-order valence-electron chi connectivity index (χ1n) is 7.32. The van der Waals surface area contributed by atoms with Crippen LogP contribution in [0, 0.1) is 5.92 Å². The molecule has 1 saturated heterocycles. The molecule has 1 aromatic rings. The molecule has 0 saturated carbocycles. The van der Waals surface area contributed by atoms with Gasteiger partial charge in [-0.2, -0.15) is 0 Å². The predicted molar refractivity (Wildman–Crippen MR) is 82.5 cm³/mol. The molecule has 0 N–H and O–H groups in total. The van der Waals surface area contributed by atoms with E-state index in [9.17, 15) is 0 Å². The maximum atomic E-state index is 6.06. The maximum Gasteiger partial charge on any atom is 0.131 e. The number of hydrogen-bond donors (Lipinski definition) is 0. The first-order valence-corrected chi connectivity index (χ1v) is 7.86. The summed E-state index contributed by atoms with van der Waals surface area (Å²) in [6.07, 6.45) is 4.18. The molecule has 0 atom stereocenters. The molecule has 4 nitrogen and oxygen atoms in total. The Balaban J connectivity index is 2.09. The number of alkyl halides is 1. The Hall–Kier alpha value is -0.870. The Morgan fingerprint density at radius 3 is 2.70 bits per heavy atom. The van der Waals surface area contributed by atoms with Crippen molar-refractivity contribution in [2.45, 2.75) is 38.5 Å². The first-order chi connectivity index (χ1) is 9.61. The molecular weight excluding hydrogens is 274 g/mol. The molecule has 20 heavy (non-hydrogen) atoms. The highest BCUT2D eigenvalue weighted by Gasteiger charge is 2.18. The van der Waals surface area contributed by atoms with Gasteiger partial charge in [0.2, 0.25) is 0 Å². The van der Waals surface area contributed by atoms with Gasteiger partial charge in [0, 0.05) is 32.7 Å². The summed E-state index contributed by atoms with van der Waals surface area (Å²) in [5.41, 5.74) is 1.98. The second-order valence-electron chi connectivity index (χ2n) is 5.78. The molecule has 5 heteroatoms. The Kier molecular flexibility index (Phi) is 5.61. The molecule has 0 radical (unpaired) electrons. The first kappa shape index (κ1) is 15.5. The van der Waals surface area contributed by atoms with E-state index in [4.69, 9.17) is 16.3 Å². The molecule has 1 aromatic heterocycles. The summed E-state index contributed by atoms with van der Waals surface area (Å²) >= 11 is 6.06. The van der Waals surface area contributed by atoms with Crippen LogP contribution in [-0.2, 0) is 10.6 Å². The lowest BCUT2D eigenvalue weighted by Gasteiger charge is -2.29. The predicted octanol–water partition coefficient (Wildman–Crippen LogP) is 3.20. The smallest absolute Gasteiger partial charge is 0.131 e. The van der Waals surface area contributed by atoms with E-state index in [-0.39, 0.29) is 0 Å². The van der Waals surface area contributed by atoms with Crippen LogP contribution in [0.4, 0.5) is 5.69 Å². The van der Waals surface area contributed by atoms with Crippen molar-refractivity contribution in [1.82, 2.24) is 9.97 Å². The number of ether oxygens (including phenoxy) is 1. The fourth-order valence-corrected chi connectivity index (χ4v) is 2.73. The number of hydrogen-bond acceptors (Lipinski definition) is 4. The highest BCUT2D eigenvalue weighted by atomic mass is 35.5. The van der Waals surface area contributed by atoms with Gasteiger partial charge in [-0.05, 0) is 18.8 Å². The quantitative estimate of drug-likeness (QED) is 0.782. The Morgan fingerprint density at radius 1 is 1.40 bits per heavy atom. The molecule has 1 fully saturated rings. The standard InChI is InChI=1S/C15H24ClN3O/c1-11(2)15-17-9-14(13(8-16)18-15)19(3)10-12-4-6-20-7-5-12/h9,11-12H,4-8,10H2,1-3H3. The minimum Gasteiger partial charge on any atom is -0.381 e. The van der Waals surface area contributed by atoms with Crippen LogP contribution < -0.4 is 4.90 Å². The van der Waals surface area contributed by atoms with E-state index >= 15 is 0 Å². The topological polar surface area (TPSA) is 38.2 Å². The van der Waals surface area contributed by atoms with Gasteiger partial charge in [0.25, 0.3) is 0 Å². The molecule has 0 amide bonds. The van der Waals surface area contributed by atoms with Crippen LogP contribution in [-0.4, -0.2) is 36.8 Å². The third-order valence-electron chi connectivity index (χ3n) is 3.79.